The van der Waals surface area contributed by atoms with Gasteiger partial charge in [-0.3, -0.25) is 4.68 Å². The van der Waals surface area contributed by atoms with Crippen LogP contribution in [-0.4, -0.2) is 19.3 Å². The van der Waals surface area contributed by atoms with Crippen LogP contribution in [0.3, 0.4) is 0 Å². The molecule has 3 aromatic heterocycles. The molecule has 4 aromatic carbocycles. The van der Waals surface area contributed by atoms with Crippen molar-refractivity contribution in [3.8, 4) is 34.1 Å². The van der Waals surface area contributed by atoms with Crippen LogP contribution >= 0.6 is 0 Å². The Morgan fingerprint density at radius 2 is 1.48 bits per heavy atom. The van der Waals surface area contributed by atoms with Crippen LogP contribution in [0.4, 0.5) is 0 Å². The molecule has 0 N–H and O–H groups in total. The standard InChI is InChI=1S/C44H44N4O.Pt/c1-26(2)32-17-18-45-41(21-32)47-39-14-12-11-13-37(39)38-16-15-35(25-40(38)47)49-36-23-33(44(8,9)10)22-34(24-36)48-31(7)43(30(6)46-48)42-28(4)19-27(3)20-29(42)5;/h11-23,26H,1-10H3;/q-2;+2. The van der Waals surface area contributed by atoms with E-state index in [1.165, 1.54) is 33.4 Å². The van der Waals surface area contributed by atoms with Gasteiger partial charge in [-0.25, -0.2) is 4.98 Å². The van der Waals surface area contributed by atoms with E-state index >= 15 is 0 Å². The molecule has 0 atom stereocenters. The number of fused-ring (bicyclic) bond motifs is 3. The Balaban J connectivity index is 0.00000432. The van der Waals surface area contributed by atoms with Crippen LogP contribution in [0.25, 0.3) is 44.4 Å². The smallest absolute Gasteiger partial charge is 0.509 e. The van der Waals surface area contributed by atoms with Crippen LogP contribution in [0.2, 0.25) is 0 Å². The van der Waals surface area contributed by atoms with Crippen molar-refractivity contribution in [3.05, 3.63) is 130 Å². The summed E-state index contributed by atoms with van der Waals surface area (Å²) in [6, 6.07) is 32.8. The first kappa shape index (κ1) is 35.4. The number of pyridine rings is 1. The third-order valence-electron chi connectivity index (χ3n) is 9.58. The summed E-state index contributed by atoms with van der Waals surface area (Å²) in [6.07, 6.45) is 1.89. The van der Waals surface area contributed by atoms with Gasteiger partial charge in [0, 0.05) is 34.5 Å². The average Bonchev–Trinajstić information content (AvgIpc) is 3.53. The van der Waals surface area contributed by atoms with Crippen LogP contribution in [0, 0.1) is 46.8 Å². The molecular formula is C44H44N4OPt. The quantitative estimate of drug-likeness (QED) is 0.157. The normalized spacial score (nSPS) is 11.8. The topological polar surface area (TPSA) is 44.9 Å². The maximum atomic E-state index is 6.66. The number of ether oxygens (including phenoxy) is 1. The monoisotopic (exact) mass is 839 g/mol. The summed E-state index contributed by atoms with van der Waals surface area (Å²) >= 11 is 0. The fraction of sp³-hybridized carbons (Fsp3) is 0.273. The molecule has 0 saturated heterocycles. The van der Waals surface area contributed by atoms with Crippen molar-refractivity contribution >= 4 is 21.8 Å². The van der Waals surface area contributed by atoms with Gasteiger partial charge in [-0.2, -0.15) is 11.2 Å². The van der Waals surface area contributed by atoms with Crippen LogP contribution in [0.1, 0.15) is 79.7 Å². The molecule has 7 aromatic rings. The Hall–Kier alpha value is -4.47. The van der Waals surface area contributed by atoms with E-state index in [1.807, 2.05) is 16.9 Å². The van der Waals surface area contributed by atoms with E-state index in [9.17, 15) is 0 Å². The first-order chi connectivity index (χ1) is 23.3. The van der Waals surface area contributed by atoms with Crippen LogP contribution in [0.15, 0.2) is 79.0 Å². The van der Waals surface area contributed by atoms with Crippen molar-refractivity contribution in [3.63, 3.8) is 0 Å². The number of benzene rings is 4. The average molecular weight is 840 g/mol. The molecule has 0 radical (unpaired) electrons. The van der Waals surface area contributed by atoms with Crippen molar-refractivity contribution < 1.29 is 25.8 Å². The van der Waals surface area contributed by atoms with Gasteiger partial charge >= 0.3 is 21.1 Å². The molecule has 0 aliphatic rings. The van der Waals surface area contributed by atoms with Gasteiger partial charge in [0.1, 0.15) is 5.82 Å². The zero-order valence-corrected chi connectivity index (χ0v) is 32.9. The largest absolute Gasteiger partial charge is 2.00 e. The third kappa shape index (κ3) is 6.33. The number of para-hydroxylation sites is 1. The fourth-order valence-corrected chi connectivity index (χ4v) is 7.15. The minimum atomic E-state index is -0.127. The van der Waals surface area contributed by atoms with E-state index in [-0.39, 0.29) is 26.5 Å². The van der Waals surface area contributed by atoms with Gasteiger partial charge in [-0.05, 0) is 97.5 Å². The number of hydrogen-bond acceptors (Lipinski definition) is 3. The minimum absolute atomic E-state index is 0. The predicted octanol–water partition coefficient (Wildman–Crippen LogP) is 11.4. The number of nitrogens with zero attached hydrogens (tertiary/aromatic N) is 4. The van der Waals surface area contributed by atoms with E-state index in [4.69, 9.17) is 14.8 Å². The van der Waals surface area contributed by atoms with Gasteiger partial charge < -0.3 is 9.30 Å². The molecular weight excluding hydrogens is 796 g/mol. The predicted molar refractivity (Wildman–Crippen MR) is 202 cm³/mol. The number of aryl methyl sites for hydroxylation is 4. The van der Waals surface area contributed by atoms with Crippen molar-refractivity contribution in [2.45, 2.75) is 80.6 Å². The van der Waals surface area contributed by atoms with Crippen molar-refractivity contribution in [1.82, 2.24) is 19.3 Å². The molecule has 0 aliphatic heterocycles. The molecule has 0 unspecified atom stereocenters. The second-order valence-corrected chi connectivity index (χ2v) is 14.7. The Bertz CT molecular complexity index is 2370. The molecule has 0 aliphatic carbocycles. The molecule has 6 heteroatoms. The summed E-state index contributed by atoms with van der Waals surface area (Å²) in [5, 5.41) is 7.33. The first-order valence-electron chi connectivity index (χ1n) is 17.1. The molecule has 0 fully saturated rings. The maximum absolute atomic E-state index is 6.66. The summed E-state index contributed by atoms with van der Waals surface area (Å²) in [5.41, 5.74) is 13.4. The molecule has 5 nitrogen and oxygen atoms in total. The van der Waals surface area contributed by atoms with Gasteiger partial charge in [0.15, 0.2) is 0 Å². The molecule has 7 rings (SSSR count). The summed E-state index contributed by atoms with van der Waals surface area (Å²) in [7, 11) is 0. The second-order valence-electron chi connectivity index (χ2n) is 14.7. The number of rotatable bonds is 6. The summed E-state index contributed by atoms with van der Waals surface area (Å²) in [4.78, 5) is 4.80. The first-order valence-corrected chi connectivity index (χ1v) is 17.1. The van der Waals surface area contributed by atoms with Gasteiger partial charge in [-0.1, -0.05) is 76.0 Å². The Labute approximate surface area is 310 Å². The Kier molecular flexibility index (Phi) is 9.43. The van der Waals surface area contributed by atoms with Crippen molar-refractivity contribution in [1.29, 1.82) is 0 Å². The number of aromatic nitrogens is 4. The van der Waals surface area contributed by atoms with E-state index in [2.05, 4.69) is 153 Å². The van der Waals surface area contributed by atoms with Crippen molar-refractivity contribution in [2.24, 2.45) is 0 Å². The summed E-state index contributed by atoms with van der Waals surface area (Å²) in [5.74, 6) is 2.50. The molecule has 3 heterocycles. The van der Waals surface area contributed by atoms with E-state index in [1.54, 1.807) is 0 Å². The van der Waals surface area contributed by atoms with Gasteiger partial charge in [0.25, 0.3) is 0 Å². The molecule has 256 valence electrons. The van der Waals surface area contributed by atoms with E-state index in [0.29, 0.717) is 17.4 Å². The molecule has 0 amide bonds. The Morgan fingerprint density at radius 3 is 2.18 bits per heavy atom. The molecule has 50 heavy (non-hydrogen) atoms. The summed E-state index contributed by atoms with van der Waals surface area (Å²) in [6.45, 7) is 21.8. The molecule has 0 spiro atoms. The zero-order chi connectivity index (χ0) is 34.8. The molecule has 0 bridgehead atoms. The maximum Gasteiger partial charge on any atom is 2.00 e. The van der Waals surface area contributed by atoms with Crippen LogP contribution < -0.4 is 4.74 Å². The Morgan fingerprint density at radius 1 is 0.760 bits per heavy atom. The zero-order valence-electron chi connectivity index (χ0n) is 30.6. The van der Waals surface area contributed by atoms with Crippen LogP contribution in [0.5, 0.6) is 11.5 Å². The van der Waals surface area contributed by atoms with Gasteiger partial charge in [0.05, 0.1) is 5.69 Å². The minimum Gasteiger partial charge on any atom is -0.509 e. The third-order valence-corrected chi connectivity index (χ3v) is 9.58. The number of hydrogen-bond donors (Lipinski definition) is 0. The van der Waals surface area contributed by atoms with E-state index < -0.39 is 0 Å². The van der Waals surface area contributed by atoms with Gasteiger partial charge in [-0.15, -0.1) is 41.3 Å². The molecule has 0 saturated carbocycles. The van der Waals surface area contributed by atoms with Gasteiger partial charge in [0.2, 0.25) is 0 Å². The second kappa shape index (κ2) is 13.3. The SMILES string of the molecule is Cc1cc(C)c(-c2c(C)nn(-c3[c-]c(Oc4[c-]c5c(cc4)c4ccccc4n5-c4cc(C(C)C)ccn4)cc(C(C)(C)C)c3)c2C)c(C)c1.[Pt+2]. The fourth-order valence-electron chi connectivity index (χ4n) is 7.15. The van der Waals surface area contributed by atoms with Crippen LogP contribution in [-0.2, 0) is 26.5 Å². The van der Waals surface area contributed by atoms with E-state index in [0.717, 1.165) is 50.3 Å². The van der Waals surface area contributed by atoms with Crippen molar-refractivity contribution in [2.75, 3.05) is 0 Å². The summed E-state index contributed by atoms with van der Waals surface area (Å²) < 4.78 is 10.9.